The Morgan fingerprint density at radius 1 is 1.39 bits per heavy atom. The number of aromatic nitrogens is 1. The topological polar surface area (TPSA) is 160 Å². The molecular formula is C25H28N6O4S. The van der Waals surface area contributed by atoms with Crippen LogP contribution in [0.1, 0.15) is 57.1 Å². The van der Waals surface area contributed by atoms with Crippen molar-refractivity contribution in [1.82, 2.24) is 15.0 Å². The number of nitriles is 1. The van der Waals surface area contributed by atoms with Gasteiger partial charge in [-0.25, -0.2) is 27.9 Å². The van der Waals surface area contributed by atoms with E-state index in [0.717, 1.165) is 22.3 Å². The van der Waals surface area contributed by atoms with Crippen LogP contribution in [0.2, 0.25) is 0 Å². The number of sulfonamides is 1. The van der Waals surface area contributed by atoms with Crippen LogP contribution < -0.4 is 15.8 Å². The fraction of sp³-hybridized carbons (Fsp3) is 0.360. The Hall–Kier alpha value is -3.59. The van der Waals surface area contributed by atoms with E-state index in [0.29, 0.717) is 48.4 Å². The minimum Gasteiger partial charge on any atom is -0.457 e. The van der Waals surface area contributed by atoms with E-state index in [-0.39, 0.29) is 17.8 Å². The van der Waals surface area contributed by atoms with Crippen LogP contribution in [0, 0.1) is 25.2 Å². The van der Waals surface area contributed by atoms with Crippen LogP contribution in [-0.2, 0) is 21.4 Å². The zero-order chi connectivity index (χ0) is 25.9. The van der Waals surface area contributed by atoms with Crippen molar-refractivity contribution in [2.75, 3.05) is 13.1 Å². The van der Waals surface area contributed by atoms with Gasteiger partial charge in [0, 0.05) is 31.1 Å². The largest absolute Gasteiger partial charge is 0.457 e. The van der Waals surface area contributed by atoms with Gasteiger partial charge in [-0.05, 0) is 67.3 Å². The number of ether oxygens (including phenoxy) is 1. The second-order valence-electron chi connectivity index (χ2n) is 8.90. The molecule has 11 heteroatoms. The SMILES string of the molecule is Cc1cc(N=CC(=CN)CNCC(NS(=O)(=O)C2CC2)c2ccc3c(c2C)COC3=O)ncc1C#N. The van der Waals surface area contributed by atoms with Crippen LogP contribution >= 0.6 is 0 Å². The smallest absolute Gasteiger partial charge is 0.338 e. The Balaban J connectivity index is 1.47. The minimum absolute atomic E-state index is 0.183. The Kier molecular flexibility index (Phi) is 7.49. The molecule has 0 radical (unpaired) electrons. The number of aryl methyl sites for hydroxylation is 1. The van der Waals surface area contributed by atoms with Gasteiger partial charge in [0.1, 0.15) is 12.7 Å². The highest BCUT2D eigenvalue weighted by Gasteiger charge is 2.37. The number of hydrogen-bond acceptors (Lipinski definition) is 9. The normalized spacial score (nSPS) is 16.6. The maximum Gasteiger partial charge on any atom is 0.338 e. The number of aliphatic imine (C=N–C) groups is 1. The van der Waals surface area contributed by atoms with E-state index in [9.17, 15) is 13.2 Å². The zero-order valence-electron chi connectivity index (χ0n) is 20.1. The quantitative estimate of drug-likeness (QED) is 0.325. The van der Waals surface area contributed by atoms with Crippen LogP contribution in [0.3, 0.4) is 0 Å². The summed E-state index contributed by atoms with van der Waals surface area (Å²) in [7, 11) is -3.47. The number of nitrogens with one attached hydrogen (secondary N) is 2. The van der Waals surface area contributed by atoms with Crippen LogP contribution in [-0.4, -0.2) is 43.9 Å². The molecule has 1 aromatic carbocycles. The highest BCUT2D eigenvalue weighted by atomic mass is 32.2. The van der Waals surface area contributed by atoms with Gasteiger partial charge in [-0.2, -0.15) is 5.26 Å². The van der Waals surface area contributed by atoms with Crippen molar-refractivity contribution in [3.8, 4) is 6.07 Å². The van der Waals surface area contributed by atoms with Crippen molar-refractivity contribution in [1.29, 1.82) is 5.26 Å². The summed E-state index contributed by atoms with van der Waals surface area (Å²) < 4.78 is 33.5. The van der Waals surface area contributed by atoms with Gasteiger partial charge in [0.05, 0.1) is 22.4 Å². The van der Waals surface area contributed by atoms with Gasteiger partial charge in [0.2, 0.25) is 10.0 Å². The molecule has 2 aromatic rings. The van der Waals surface area contributed by atoms with E-state index in [2.05, 4.69) is 26.1 Å². The second kappa shape index (κ2) is 10.6. The van der Waals surface area contributed by atoms with E-state index in [1.54, 1.807) is 24.4 Å². The van der Waals surface area contributed by atoms with Crippen molar-refractivity contribution in [3.63, 3.8) is 0 Å². The van der Waals surface area contributed by atoms with Gasteiger partial charge in [-0.15, -0.1) is 0 Å². The number of benzene rings is 1. The van der Waals surface area contributed by atoms with Gasteiger partial charge in [0.25, 0.3) is 0 Å². The molecule has 1 aromatic heterocycles. The van der Waals surface area contributed by atoms with E-state index < -0.39 is 16.1 Å². The summed E-state index contributed by atoms with van der Waals surface area (Å²) in [5, 5.41) is 11.9. The van der Waals surface area contributed by atoms with Crippen LogP contribution in [0.15, 0.2) is 41.2 Å². The molecule has 1 fully saturated rings. The molecule has 4 rings (SSSR count). The highest BCUT2D eigenvalue weighted by molar-refractivity contribution is 7.90. The average molecular weight is 509 g/mol. The molecule has 0 amide bonds. The maximum absolute atomic E-state index is 12.8. The van der Waals surface area contributed by atoms with Crippen molar-refractivity contribution in [2.24, 2.45) is 10.7 Å². The van der Waals surface area contributed by atoms with Crippen molar-refractivity contribution >= 4 is 28.0 Å². The molecule has 1 saturated carbocycles. The monoisotopic (exact) mass is 508 g/mol. The molecule has 1 aliphatic carbocycles. The third-order valence-electron chi connectivity index (χ3n) is 6.32. The number of esters is 1. The molecule has 36 heavy (non-hydrogen) atoms. The predicted molar refractivity (Wildman–Crippen MR) is 135 cm³/mol. The number of carbonyl (C=O) groups is 1. The number of hydrogen-bond donors (Lipinski definition) is 3. The summed E-state index contributed by atoms with van der Waals surface area (Å²) in [5.74, 6) is 0.0864. The van der Waals surface area contributed by atoms with E-state index >= 15 is 0 Å². The van der Waals surface area contributed by atoms with Gasteiger partial charge in [-0.3, -0.25) is 0 Å². The van der Waals surface area contributed by atoms with Crippen molar-refractivity contribution < 1.29 is 17.9 Å². The number of carbonyl (C=O) groups excluding carboxylic acids is 1. The molecule has 1 aliphatic heterocycles. The number of pyridine rings is 1. The van der Waals surface area contributed by atoms with E-state index in [1.165, 1.54) is 12.4 Å². The summed E-state index contributed by atoms with van der Waals surface area (Å²) in [6.45, 7) is 4.50. The lowest BCUT2D eigenvalue weighted by Crippen LogP contribution is -2.38. The Morgan fingerprint density at radius 2 is 2.17 bits per heavy atom. The summed E-state index contributed by atoms with van der Waals surface area (Å²) >= 11 is 0. The number of fused-ring (bicyclic) bond motifs is 1. The first kappa shape index (κ1) is 25.5. The van der Waals surface area contributed by atoms with E-state index in [1.807, 2.05) is 13.8 Å². The summed E-state index contributed by atoms with van der Waals surface area (Å²) in [6, 6.07) is 6.71. The van der Waals surface area contributed by atoms with Crippen LogP contribution in [0.5, 0.6) is 0 Å². The maximum atomic E-state index is 12.8. The molecule has 4 N–H and O–H groups in total. The number of rotatable bonds is 10. The molecule has 188 valence electrons. The number of nitrogens with zero attached hydrogens (tertiary/aromatic N) is 3. The minimum atomic E-state index is -3.47. The van der Waals surface area contributed by atoms with Gasteiger partial charge < -0.3 is 15.8 Å². The fourth-order valence-electron chi connectivity index (χ4n) is 4.02. The molecule has 1 atom stereocenters. The first-order valence-electron chi connectivity index (χ1n) is 11.6. The zero-order valence-corrected chi connectivity index (χ0v) is 20.9. The Morgan fingerprint density at radius 3 is 2.83 bits per heavy atom. The van der Waals surface area contributed by atoms with Gasteiger partial charge >= 0.3 is 5.97 Å². The van der Waals surface area contributed by atoms with Crippen LogP contribution in [0.25, 0.3) is 0 Å². The highest BCUT2D eigenvalue weighted by Crippen LogP contribution is 2.32. The fourth-order valence-corrected chi connectivity index (χ4v) is 5.58. The summed E-state index contributed by atoms with van der Waals surface area (Å²) in [6.07, 6.45) is 5.77. The first-order valence-corrected chi connectivity index (χ1v) is 13.1. The van der Waals surface area contributed by atoms with Gasteiger partial charge in [0.15, 0.2) is 5.82 Å². The molecule has 0 bridgehead atoms. The third kappa shape index (κ3) is 5.62. The average Bonchev–Trinajstić information content (AvgIpc) is 3.65. The lowest BCUT2D eigenvalue weighted by atomic mass is 9.94. The van der Waals surface area contributed by atoms with E-state index in [4.69, 9.17) is 15.7 Å². The lowest BCUT2D eigenvalue weighted by molar-refractivity contribution is 0.0535. The van der Waals surface area contributed by atoms with Crippen molar-refractivity contribution in [3.05, 3.63) is 69.5 Å². The molecular weight excluding hydrogens is 480 g/mol. The molecule has 2 aliphatic rings. The summed E-state index contributed by atoms with van der Waals surface area (Å²) in [5.41, 5.74) is 10.6. The second-order valence-corrected chi connectivity index (χ2v) is 10.9. The van der Waals surface area contributed by atoms with Crippen LogP contribution in [0.4, 0.5) is 5.82 Å². The van der Waals surface area contributed by atoms with Crippen molar-refractivity contribution in [2.45, 2.75) is 44.6 Å². The van der Waals surface area contributed by atoms with Gasteiger partial charge in [-0.1, -0.05) is 6.07 Å². The summed E-state index contributed by atoms with van der Waals surface area (Å²) in [4.78, 5) is 20.4. The first-order chi connectivity index (χ1) is 17.2. The Labute approximate surface area is 210 Å². The molecule has 1 unspecified atom stereocenters. The molecule has 10 nitrogen and oxygen atoms in total. The number of nitrogens with two attached hydrogens (primary N) is 1. The lowest BCUT2D eigenvalue weighted by Gasteiger charge is -2.22. The predicted octanol–water partition coefficient (Wildman–Crippen LogP) is 2.20. The molecule has 0 saturated heterocycles. The molecule has 0 spiro atoms. The Bertz CT molecular complexity index is 1390. The molecule has 2 heterocycles. The number of cyclic esters (lactones) is 1. The standard InChI is InChI=1S/C25H28N6O4S/c1-15-7-24(30-12-18(15)9-27)29-11-17(8-26)10-28-13-23(31-36(33,34)19-3-4-19)20-5-6-21-22(16(20)2)14-35-25(21)32/h5-8,11-12,19,23,28,31H,3-4,10,13-14,26H2,1-2H3. The third-order valence-corrected chi connectivity index (χ3v) is 8.29.